The van der Waals surface area contributed by atoms with Crippen LogP contribution in [-0.2, 0) is 14.2 Å². The third-order valence-electron chi connectivity index (χ3n) is 7.56. The summed E-state index contributed by atoms with van der Waals surface area (Å²) in [5.41, 5.74) is 0.895. The average molecular weight is 459 g/mol. The quantitative estimate of drug-likeness (QED) is 0.582. The molecule has 0 radical (unpaired) electrons. The van der Waals surface area contributed by atoms with Gasteiger partial charge in [0.05, 0.1) is 37.5 Å². The molecule has 4 rings (SSSR count). The minimum Gasteiger partial charge on any atom is -0.449 e. The summed E-state index contributed by atoms with van der Waals surface area (Å²) in [6, 6.07) is 10.5. The maximum Gasteiger partial charge on any atom is 0.410 e. The number of cyclic esters (lactones) is 1. The van der Waals surface area contributed by atoms with Crippen LogP contribution in [0.1, 0.15) is 76.2 Å². The van der Waals surface area contributed by atoms with Crippen LogP contribution < -0.4 is 5.32 Å². The molecule has 0 unspecified atom stereocenters. The van der Waals surface area contributed by atoms with Gasteiger partial charge in [0, 0.05) is 13.0 Å². The van der Waals surface area contributed by atoms with Gasteiger partial charge in [-0.1, -0.05) is 43.7 Å². The van der Waals surface area contributed by atoms with E-state index in [1.807, 2.05) is 0 Å². The van der Waals surface area contributed by atoms with E-state index in [4.69, 9.17) is 14.2 Å². The molecule has 2 amide bonds. The molecule has 2 heterocycles. The highest BCUT2D eigenvalue weighted by molar-refractivity contribution is 5.71. The Hall–Kier alpha value is -2.28. The Morgan fingerprint density at radius 2 is 1.97 bits per heavy atom. The summed E-state index contributed by atoms with van der Waals surface area (Å²) in [5, 5.41) is 3.06. The molecule has 3 aliphatic rings. The van der Waals surface area contributed by atoms with E-state index in [2.05, 4.69) is 42.6 Å². The van der Waals surface area contributed by atoms with Crippen LogP contribution in [0.2, 0.25) is 0 Å². The van der Waals surface area contributed by atoms with Crippen LogP contribution in [0.15, 0.2) is 30.3 Å². The van der Waals surface area contributed by atoms with Gasteiger partial charge in [0.15, 0.2) is 0 Å². The molecule has 2 aliphatic heterocycles. The summed E-state index contributed by atoms with van der Waals surface area (Å²) in [5.74, 6) is 0.590. The summed E-state index contributed by atoms with van der Waals surface area (Å²) in [4.78, 5) is 26.9. The van der Waals surface area contributed by atoms with E-state index in [0.29, 0.717) is 38.7 Å². The van der Waals surface area contributed by atoms with Crippen LogP contribution in [0.5, 0.6) is 0 Å². The lowest BCUT2D eigenvalue weighted by molar-refractivity contribution is -0.0613. The Morgan fingerprint density at radius 1 is 1.18 bits per heavy atom. The number of carbonyl (C=O) groups is 2. The van der Waals surface area contributed by atoms with Gasteiger partial charge in [0.2, 0.25) is 0 Å². The van der Waals surface area contributed by atoms with Crippen molar-refractivity contribution in [3.63, 3.8) is 0 Å². The number of rotatable bonds is 7. The molecule has 0 aromatic heterocycles. The molecule has 1 saturated carbocycles. The Bertz CT molecular complexity index is 776. The topological polar surface area (TPSA) is 77.1 Å². The molecule has 1 aromatic rings. The lowest BCUT2D eigenvalue weighted by atomic mass is 9.78. The van der Waals surface area contributed by atoms with Crippen molar-refractivity contribution < 1.29 is 23.8 Å². The first kappa shape index (κ1) is 23.9. The molecule has 33 heavy (non-hydrogen) atoms. The molecule has 1 spiro atoms. The minimum atomic E-state index is -0.515. The Morgan fingerprint density at radius 3 is 2.70 bits per heavy atom. The molecule has 1 aliphatic carbocycles. The van der Waals surface area contributed by atoms with Gasteiger partial charge < -0.3 is 24.4 Å². The number of amides is 2. The van der Waals surface area contributed by atoms with Crippen LogP contribution in [0.3, 0.4) is 0 Å². The maximum absolute atomic E-state index is 12.9. The number of nitrogens with zero attached hydrogens (tertiary/aromatic N) is 1. The fourth-order valence-corrected chi connectivity index (χ4v) is 5.62. The van der Waals surface area contributed by atoms with Crippen molar-refractivity contribution >= 4 is 12.2 Å². The second-order valence-corrected chi connectivity index (χ2v) is 9.67. The highest BCUT2D eigenvalue weighted by atomic mass is 16.6. The number of nitrogens with one attached hydrogen (secondary N) is 1. The average Bonchev–Trinajstić information content (AvgIpc) is 2.84. The molecule has 0 bridgehead atoms. The van der Waals surface area contributed by atoms with Gasteiger partial charge in [-0.05, 0) is 56.4 Å². The number of unbranched alkanes of at least 4 members (excludes halogenated alkanes) is 1. The smallest absolute Gasteiger partial charge is 0.410 e. The van der Waals surface area contributed by atoms with Gasteiger partial charge >= 0.3 is 12.2 Å². The van der Waals surface area contributed by atoms with Crippen molar-refractivity contribution in [2.75, 3.05) is 26.4 Å². The predicted octanol–water partition coefficient (Wildman–Crippen LogP) is 5.00. The number of carbonyl (C=O) groups excluding carboxylic acids is 2. The first-order chi connectivity index (χ1) is 16.1. The van der Waals surface area contributed by atoms with Crippen LogP contribution in [0.25, 0.3) is 0 Å². The molecule has 2 atom stereocenters. The zero-order valence-electron chi connectivity index (χ0n) is 19.8. The zero-order chi connectivity index (χ0) is 23.1. The molecule has 7 heteroatoms. The van der Waals surface area contributed by atoms with Gasteiger partial charge in [-0.15, -0.1) is 0 Å². The fraction of sp³-hybridized carbons (Fsp3) is 0.692. The molecule has 2 saturated heterocycles. The Labute approximate surface area is 197 Å². The van der Waals surface area contributed by atoms with E-state index in [-0.39, 0.29) is 18.2 Å². The van der Waals surface area contributed by atoms with E-state index in [1.54, 1.807) is 4.90 Å². The van der Waals surface area contributed by atoms with Gasteiger partial charge in [0.1, 0.15) is 0 Å². The van der Waals surface area contributed by atoms with Crippen LogP contribution >= 0.6 is 0 Å². The summed E-state index contributed by atoms with van der Waals surface area (Å²) in [6.07, 6.45) is 7.84. The van der Waals surface area contributed by atoms with Crippen molar-refractivity contribution in [1.82, 2.24) is 10.2 Å². The van der Waals surface area contributed by atoms with Gasteiger partial charge in [0.25, 0.3) is 0 Å². The van der Waals surface area contributed by atoms with Gasteiger partial charge in [-0.3, -0.25) is 0 Å². The lowest BCUT2D eigenvalue weighted by Gasteiger charge is -2.51. The molecule has 1 aromatic carbocycles. The van der Waals surface area contributed by atoms with E-state index in [1.165, 1.54) is 5.56 Å². The van der Waals surface area contributed by atoms with Gasteiger partial charge in [-0.25, -0.2) is 9.59 Å². The number of ether oxygens (including phenoxy) is 3. The molecule has 7 nitrogen and oxygen atoms in total. The van der Waals surface area contributed by atoms with Crippen LogP contribution in [0, 0.1) is 0 Å². The summed E-state index contributed by atoms with van der Waals surface area (Å²) >= 11 is 0. The van der Waals surface area contributed by atoms with Gasteiger partial charge in [-0.2, -0.15) is 0 Å². The van der Waals surface area contributed by atoms with E-state index >= 15 is 0 Å². The first-order valence-corrected chi connectivity index (χ1v) is 12.7. The minimum absolute atomic E-state index is 0.178. The predicted molar refractivity (Wildman–Crippen MR) is 125 cm³/mol. The number of alkyl carbamates (subject to hydrolysis) is 1. The third kappa shape index (κ3) is 5.81. The highest BCUT2D eigenvalue weighted by Gasteiger charge is 2.50. The van der Waals surface area contributed by atoms with E-state index in [9.17, 15) is 9.59 Å². The van der Waals surface area contributed by atoms with E-state index < -0.39 is 11.6 Å². The fourth-order valence-electron chi connectivity index (χ4n) is 5.62. The standard InChI is InChI=1S/C26H38N2O5/c1-2-3-17-32-25(30)28-16-7-14-26(15-18-31-24(29)27-26)23(28)19-33-22-12-10-21(11-13-22)20-8-5-4-6-9-20/h4-6,8-9,21-23H,2-3,7,10-19H2,1H3,(H,27,29)/t21?,22?,23-,26+/m0/s1. The highest BCUT2D eigenvalue weighted by Crippen LogP contribution is 2.37. The van der Waals surface area contributed by atoms with Crippen molar-refractivity contribution in [3.8, 4) is 0 Å². The molecule has 3 fully saturated rings. The molecule has 1 N–H and O–H groups in total. The number of likely N-dealkylation sites (tertiary alicyclic amines) is 1. The summed E-state index contributed by atoms with van der Waals surface area (Å²) in [7, 11) is 0. The summed E-state index contributed by atoms with van der Waals surface area (Å²) < 4.78 is 17.1. The number of hydrogen-bond donors (Lipinski definition) is 1. The van der Waals surface area contributed by atoms with Crippen LogP contribution in [-0.4, -0.2) is 61.1 Å². The third-order valence-corrected chi connectivity index (χ3v) is 7.56. The van der Waals surface area contributed by atoms with Crippen molar-refractivity contribution in [1.29, 1.82) is 0 Å². The normalized spacial score (nSPS) is 29.9. The second-order valence-electron chi connectivity index (χ2n) is 9.67. The molecule has 182 valence electrons. The Kier molecular flexibility index (Phi) is 8.12. The van der Waals surface area contributed by atoms with Crippen molar-refractivity contribution in [2.24, 2.45) is 0 Å². The number of benzene rings is 1. The SMILES string of the molecule is CCCCOC(=O)N1CCC[C@@]2(CCOC(=O)N2)[C@@H]1COC1CCC(c2ccccc2)CC1. The number of piperidine rings is 1. The van der Waals surface area contributed by atoms with E-state index in [0.717, 1.165) is 51.4 Å². The maximum atomic E-state index is 12.9. The van der Waals surface area contributed by atoms with Crippen molar-refractivity contribution in [2.45, 2.75) is 88.3 Å². The molecular weight excluding hydrogens is 420 g/mol. The van der Waals surface area contributed by atoms with Crippen molar-refractivity contribution in [3.05, 3.63) is 35.9 Å². The number of hydrogen-bond acceptors (Lipinski definition) is 5. The monoisotopic (exact) mass is 458 g/mol. The second kappa shape index (κ2) is 11.2. The molecular formula is C26H38N2O5. The Balaban J connectivity index is 1.39. The van der Waals surface area contributed by atoms with Crippen LogP contribution in [0.4, 0.5) is 9.59 Å². The summed E-state index contributed by atoms with van der Waals surface area (Å²) in [6.45, 7) is 3.89. The lowest BCUT2D eigenvalue weighted by Crippen LogP contribution is -2.69. The largest absolute Gasteiger partial charge is 0.449 e. The first-order valence-electron chi connectivity index (χ1n) is 12.7. The zero-order valence-corrected chi connectivity index (χ0v) is 19.8.